The van der Waals surface area contributed by atoms with Gasteiger partial charge in [0.1, 0.15) is 12.7 Å². The number of benzene rings is 1. The summed E-state index contributed by atoms with van der Waals surface area (Å²) in [7, 11) is 0. The molecular formula is C21H22F3N5O2S. The van der Waals surface area contributed by atoms with Gasteiger partial charge in [-0.3, -0.25) is 9.69 Å². The Hall–Kier alpha value is -2.76. The van der Waals surface area contributed by atoms with Crippen molar-refractivity contribution < 1.29 is 22.7 Å². The first-order chi connectivity index (χ1) is 15.4. The first-order valence-corrected chi connectivity index (χ1v) is 11.0. The highest BCUT2D eigenvalue weighted by molar-refractivity contribution is 7.09. The van der Waals surface area contributed by atoms with E-state index in [9.17, 15) is 18.0 Å². The molecule has 3 aromatic rings. The van der Waals surface area contributed by atoms with Crippen LogP contribution in [-0.2, 0) is 22.3 Å². The van der Waals surface area contributed by atoms with Gasteiger partial charge in [-0.05, 0) is 42.5 Å². The molecule has 1 atom stereocenters. The largest absolute Gasteiger partial charge is 0.416 e. The summed E-state index contributed by atoms with van der Waals surface area (Å²) in [4.78, 5) is 19.8. The Morgan fingerprint density at radius 3 is 2.88 bits per heavy atom. The van der Waals surface area contributed by atoms with E-state index < -0.39 is 17.6 Å². The Morgan fingerprint density at radius 1 is 1.34 bits per heavy atom. The fourth-order valence-electron chi connectivity index (χ4n) is 3.62. The molecule has 1 saturated heterocycles. The second-order valence-corrected chi connectivity index (χ2v) is 8.53. The second-order valence-electron chi connectivity index (χ2n) is 7.50. The first kappa shape index (κ1) is 22.4. The van der Waals surface area contributed by atoms with Crippen LogP contribution in [0.3, 0.4) is 0 Å². The van der Waals surface area contributed by atoms with E-state index in [-0.39, 0.29) is 18.3 Å². The lowest BCUT2D eigenvalue weighted by atomic mass is 10.1. The van der Waals surface area contributed by atoms with Gasteiger partial charge in [-0.2, -0.15) is 18.3 Å². The number of carbonyl (C=O) groups excluding carboxylic acids is 1. The van der Waals surface area contributed by atoms with Gasteiger partial charge in [-0.15, -0.1) is 11.3 Å². The monoisotopic (exact) mass is 465 g/mol. The van der Waals surface area contributed by atoms with Gasteiger partial charge in [0.2, 0.25) is 5.91 Å². The molecule has 4 rings (SSSR count). The second kappa shape index (κ2) is 9.80. The molecule has 0 aliphatic carbocycles. The number of nitrogens with one attached hydrogen (secondary N) is 1. The molecular weight excluding hydrogens is 443 g/mol. The fraction of sp³-hybridized carbons (Fsp3) is 0.381. The standard InChI is InChI=1S/C21H22F3N5O2S/c22-21(23,24)15-5-6-19(29-14-25-13-26-29)18(9-15)27-20(30)12-28(10-16-3-1-7-31-16)11-17-4-2-8-32-17/h2,4-6,8-9,13-14,16H,1,3,7,10-12H2,(H,27,30)/t16-/m1/s1. The zero-order chi connectivity index (χ0) is 22.6. The van der Waals surface area contributed by atoms with Crippen molar-refractivity contribution in [2.45, 2.75) is 31.7 Å². The number of halogens is 3. The average molecular weight is 466 g/mol. The summed E-state index contributed by atoms with van der Waals surface area (Å²) in [5.41, 5.74) is -0.539. The van der Waals surface area contributed by atoms with Crippen LogP contribution in [0.5, 0.6) is 0 Å². The number of aromatic nitrogens is 3. The van der Waals surface area contributed by atoms with Crippen molar-refractivity contribution in [2.75, 3.05) is 25.0 Å². The highest BCUT2D eigenvalue weighted by atomic mass is 32.1. The minimum absolute atomic E-state index is 0.0171. The molecule has 1 N–H and O–H groups in total. The van der Waals surface area contributed by atoms with Crippen LogP contribution in [0, 0.1) is 0 Å². The highest BCUT2D eigenvalue weighted by Crippen LogP contribution is 2.33. The molecule has 0 radical (unpaired) electrons. The van der Waals surface area contributed by atoms with Crippen molar-refractivity contribution in [1.29, 1.82) is 0 Å². The zero-order valence-electron chi connectivity index (χ0n) is 17.1. The van der Waals surface area contributed by atoms with Crippen molar-refractivity contribution >= 4 is 22.9 Å². The predicted octanol–water partition coefficient (Wildman–Crippen LogP) is 3.97. The van der Waals surface area contributed by atoms with Crippen molar-refractivity contribution in [3.05, 3.63) is 58.8 Å². The molecule has 0 unspecified atom stereocenters. The zero-order valence-corrected chi connectivity index (χ0v) is 17.9. The van der Waals surface area contributed by atoms with Crippen LogP contribution in [0.25, 0.3) is 5.69 Å². The molecule has 0 spiro atoms. The van der Waals surface area contributed by atoms with E-state index in [2.05, 4.69) is 15.4 Å². The van der Waals surface area contributed by atoms with Crippen LogP contribution in [0.2, 0.25) is 0 Å². The van der Waals surface area contributed by atoms with Gasteiger partial charge in [-0.25, -0.2) is 9.67 Å². The van der Waals surface area contributed by atoms with Crippen molar-refractivity contribution in [3.8, 4) is 5.69 Å². The van der Waals surface area contributed by atoms with Crippen LogP contribution < -0.4 is 5.32 Å². The van der Waals surface area contributed by atoms with E-state index in [1.807, 2.05) is 22.4 Å². The van der Waals surface area contributed by atoms with Gasteiger partial charge in [-0.1, -0.05) is 6.07 Å². The number of ether oxygens (including phenoxy) is 1. The summed E-state index contributed by atoms with van der Waals surface area (Å²) in [6.07, 6.45) is 0.0432. The highest BCUT2D eigenvalue weighted by Gasteiger charge is 2.31. The summed E-state index contributed by atoms with van der Waals surface area (Å²) >= 11 is 1.59. The number of alkyl halides is 3. The number of anilines is 1. The molecule has 7 nitrogen and oxygen atoms in total. The maximum Gasteiger partial charge on any atom is 0.416 e. The Kier molecular flexibility index (Phi) is 6.87. The van der Waals surface area contributed by atoms with E-state index in [4.69, 9.17) is 4.74 Å². The number of nitrogens with zero attached hydrogens (tertiary/aromatic N) is 4. The van der Waals surface area contributed by atoms with E-state index in [0.29, 0.717) is 25.4 Å². The number of carbonyl (C=O) groups is 1. The predicted molar refractivity (Wildman–Crippen MR) is 114 cm³/mol. The lowest BCUT2D eigenvalue weighted by Crippen LogP contribution is -2.37. The molecule has 1 aromatic carbocycles. The number of rotatable bonds is 8. The van der Waals surface area contributed by atoms with Gasteiger partial charge in [0.15, 0.2) is 0 Å². The quantitative estimate of drug-likeness (QED) is 0.545. The summed E-state index contributed by atoms with van der Waals surface area (Å²) < 4.78 is 46.8. The molecule has 3 heterocycles. The average Bonchev–Trinajstić information content (AvgIpc) is 3.51. The Balaban J connectivity index is 1.52. The smallest absolute Gasteiger partial charge is 0.377 e. The minimum atomic E-state index is -4.54. The molecule has 1 fully saturated rings. The third kappa shape index (κ3) is 5.72. The molecule has 1 aliphatic heterocycles. The Bertz CT molecular complexity index is 1020. The number of thiophene rings is 1. The lowest BCUT2D eigenvalue weighted by molar-refractivity contribution is -0.137. The van der Waals surface area contributed by atoms with Crippen LogP contribution in [0.15, 0.2) is 48.4 Å². The third-order valence-corrected chi connectivity index (χ3v) is 5.94. The normalized spacial score (nSPS) is 16.6. The Morgan fingerprint density at radius 2 is 2.22 bits per heavy atom. The molecule has 32 heavy (non-hydrogen) atoms. The third-order valence-electron chi connectivity index (χ3n) is 5.08. The van der Waals surface area contributed by atoms with Crippen LogP contribution in [0.1, 0.15) is 23.3 Å². The van der Waals surface area contributed by atoms with Gasteiger partial charge < -0.3 is 10.1 Å². The molecule has 11 heteroatoms. The molecule has 2 aromatic heterocycles. The Labute approximate surface area is 186 Å². The van der Waals surface area contributed by atoms with Gasteiger partial charge >= 0.3 is 6.18 Å². The van der Waals surface area contributed by atoms with Crippen LogP contribution in [0.4, 0.5) is 18.9 Å². The van der Waals surface area contributed by atoms with E-state index in [0.717, 1.165) is 29.9 Å². The van der Waals surface area contributed by atoms with E-state index >= 15 is 0 Å². The van der Waals surface area contributed by atoms with Crippen LogP contribution in [-0.4, -0.2) is 51.4 Å². The molecule has 1 amide bonds. The molecule has 1 aliphatic rings. The summed E-state index contributed by atoms with van der Waals surface area (Å²) in [6, 6.07) is 7.06. The summed E-state index contributed by atoms with van der Waals surface area (Å²) in [5, 5.41) is 8.58. The van der Waals surface area contributed by atoms with Crippen molar-refractivity contribution in [2.24, 2.45) is 0 Å². The molecule has 0 saturated carbocycles. The van der Waals surface area contributed by atoms with Gasteiger partial charge in [0.25, 0.3) is 0 Å². The summed E-state index contributed by atoms with van der Waals surface area (Å²) in [5.74, 6) is -0.416. The number of hydrogen-bond acceptors (Lipinski definition) is 6. The maximum atomic E-state index is 13.3. The van der Waals surface area contributed by atoms with E-state index in [1.54, 1.807) is 11.3 Å². The summed E-state index contributed by atoms with van der Waals surface area (Å²) in [6.45, 7) is 1.85. The van der Waals surface area contributed by atoms with Gasteiger partial charge in [0.05, 0.1) is 29.6 Å². The number of amides is 1. The van der Waals surface area contributed by atoms with Gasteiger partial charge in [0, 0.05) is 24.6 Å². The maximum absolute atomic E-state index is 13.3. The lowest BCUT2D eigenvalue weighted by Gasteiger charge is -2.24. The van der Waals surface area contributed by atoms with Crippen molar-refractivity contribution in [1.82, 2.24) is 19.7 Å². The SMILES string of the molecule is O=C(CN(Cc1cccs1)C[C@H]1CCCO1)Nc1cc(C(F)(F)F)ccc1-n1cncn1. The van der Waals surface area contributed by atoms with Crippen LogP contribution >= 0.6 is 11.3 Å². The topological polar surface area (TPSA) is 72.3 Å². The molecule has 0 bridgehead atoms. The van der Waals surface area contributed by atoms with Crippen molar-refractivity contribution in [3.63, 3.8) is 0 Å². The van der Waals surface area contributed by atoms with E-state index in [1.165, 1.54) is 23.4 Å². The molecule has 170 valence electrons. The number of hydrogen-bond donors (Lipinski definition) is 1. The minimum Gasteiger partial charge on any atom is -0.377 e. The fourth-order valence-corrected chi connectivity index (χ4v) is 4.37. The first-order valence-electron chi connectivity index (χ1n) is 10.1.